The average molecular weight is 459 g/mol. The highest BCUT2D eigenvalue weighted by Crippen LogP contribution is 2.37. The number of rotatable bonds is 6. The first-order valence-corrected chi connectivity index (χ1v) is 11.1. The van der Waals surface area contributed by atoms with E-state index in [4.69, 9.17) is 14.8 Å². The van der Waals surface area contributed by atoms with Gasteiger partial charge in [-0.25, -0.2) is 9.79 Å². The minimum absolute atomic E-state index is 0.152. The number of carboxylic acid groups (broad SMARTS) is 1. The summed E-state index contributed by atoms with van der Waals surface area (Å²) < 4.78 is 5.17. The molecule has 1 aliphatic heterocycles. The summed E-state index contributed by atoms with van der Waals surface area (Å²) in [5, 5.41) is 9.32. The van der Waals surface area contributed by atoms with Crippen LogP contribution in [0.25, 0.3) is 6.08 Å². The molecule has 1 heterocycles. The van der Waals surface area contributed by atoms with Crippen molar-refractivity contribution in [1.82, 2.24) is 0 Å². The zero-order chi connectivity index (χ0) is 23.4. The Kier molecular flexibility index (Phi) is 6.60. The number of aliphatic imine (C=N–C) groups is 1. The molecule has 0 aliphatic carbocycles. The molecule has 166 valence electrons. The molecular weight excluding hydrogens is 436 g/mol. The minimum Gasteiger partial charge on any atom is -0.482 e. The SMILES string of the molecule is Cc1ccc(N=C2S/C(=C/c3ccc(OCC(=O)O)cc3)C(=O)N2c2ccc(C)cc2)cc1. The fourth-order valence-corrected chi connectivity index (χ4v) is 4.16. The number of nitrogens with zero attached hydrogens (tertiary/aromatic N) is 2. The maximum absolute atomic E-state index is 13.4. The van der Waals surface area contributed by atoms with Crippen LogP contribution >= 0.6 is 11.8 Å². The molecule has 0 atom stereocenters. The zero-order valence-electron chi connectivity index (χ0n) is 18.2. The Morgan fingerprint density at radius 2 is 1.58 bits per heavy atom. The van der Waals surface area contributed by atoms with E-state index in [0.717, 1.165) is 28.1 Å². The summed E-state index contributed by atoms with van der Waals surface area (Å²) in [6, 6.07) is 22.5. The molecule has 1 N–H and O–H groups in total. The Balaban J connectivity index is 1.65. The van der Waals surface area contributed by atoms with Crippen LogP contribution < -0.4 is 9.64 Å². The lowest BCUT2D eigenvalue weighted by molar-refractivity contribution is -0.139. The highest BCUT2D eigenvalue weighted by atomic mass is 32.2. The molecule has 1 saturated heterocycles. The maximum atomic E-state index is 13.4. The summed E-state index contributed by atoms with van der Waals surface area (Å²) in [5.74, 6) is -0.737. The second-order valence-corrected chi connectivity index (χ2v) is 8.58. The molecule has 33 heavy (non-hydrogen) atoms. The topological polar surface area (TPSA) is 79.2 Å². The van der Waals surface area contributed by atoms with Crippen molar-refractivity contribution < 1.29 is 19.4 Å². The summed E-state index contributed by atoms with van der Waals surface area (Å²) in [4.78, 5) is 30.9. The Morgan fingerprint density at radius 3 is 2.18 bits per heavy atom. The van der Waals surface area contributed by atoms with Gasteiger partial charge >= 0.3 is 5.97 Å². The quantitative estimate of drug-likeness (QED) is 0.488. The molecule has 1 aliphatic rings. The third-order valence-corrected chi connectivity index (χ3v) is 5.87. The Bertz CT molecular complexity index is 1230. The van der Waals surface area contributed by atoms with Crippen molar-refractivity contribution in [2.45, 2.75) is 13.8 Å². The fraction of sp³-hybridized carbons (Fsp3) is 0.115. The molecule has 0 aromatic heterocycles. The molecule has 4 rings (SSSR count). The molecule has 0 spiro atoms. The highest BCUT2D eigenvalue weighted by molar-refractivity contribution is 8.19. The van der Waals surface area contributed by atoms with Crippen LogP contribution in [0.3, 0.4) is 0 Å². The monoisotopic (exact) mass is 458 g/mol. The summed E-state index contributed by atoms with van der Waals surface area (Å²) in [6.45, 7) is 3.61. The van der Waals surface area contributed by atoms with Gasteiger partial charge in [-0.05, 0) is 73.6 Å². The molecule has 3 aromatic carbocycles. The van der Waals surface area contributed by atoms with Crippen LogP contribution in [0.1, 0.15) is 16.7 Å². The number of aliphatic carboxylic acids is 1. The van der Waals surface area contributed by atoms with Gasteiger partial charge in [-0.2, -0.15) is 0 Å². The van der Waals surface area contributed by atoms with Gasteiger partial charge < -0.3 is 9.84 Å². The maximum Gasteiger partial charge on any atom is 0.341 e. The van der Waals surface area contributed by atoms with E-state index in [9.17, 15) is 9.59 Å². The van der Waals surface area contributed by atoms with Crippen molar-refractivity contribution in [2.24, 2.45) is 4.99 Å². The van der Waals surface area contributed by atoms with E-state index in [0.29, 0.717) is 15.8 Å². The summed E-state index contributed by atoms with van der Waals surface area (Å²) in [7, 11) is 0. The van der Waals surface area contributed by atoms with Crippen molar-refractivity contribution in [2.75, 3.05) is 11.5 Å². The second-order valence-electron chi connectivity index (χ2n) is 7.57. The molecule has 0 saturated carbocycles. The van der Waals surface area contributed by atoms with Gasteiger partial charge in [0.15, 0.2) is 11.8 Å². The van der Waals surface area contributed by atoms with Crippen molar-refractivity contribution in [3.05, 3.63) is 94.4 Å². The van der Waals surface area contributed by atoms with Crippen LogP contribution in [0.2, 0.25) is 0 Å². The van der Waals surface area contributed by atoms with Crippen LogP contribution in [0.15, 0.2) is 82.7 Å². The number of carbonyl (C=O) groups is 2. The van der Waals surface area contributed by atoms with Gasteiger partial charge in [0.05, 0.1) is 16.3 Å². The number of carboxylic acids is 1. The minimum atomic E-state index is -1.04. The van der Waals surface area contributed by atoms with Gasteiger partial charge in [0.2, 0.25) is 0 Å². The Labute approximate surface area is 196 Å². The zero-order valence-corrected chi connectivity index (χ0v) is 19.0. The molecule has 1 fully saturated rings. The van der Waals surface area contributed by atoms with Gasteiger partial charge in [0.1, 0.15) is 5.75 Å². The number of hydrogen-bond acceptors (Lipinski definition) is 5. The smallest absolute Gasteiger partial charge is 0.341 e. The molecule has 3 aromatic rings. The lowest BCUT2D eigenvalue weighted by Gasteiger charge is -2.16. The highest BCUT2D eigenvalue weighted by Gasteiger charge is 2.34. The van der Waals surface area contributed by atoms with E-state index >= 15 is 0 Å². The standard InChI is InChI=1S/C26H22N2O4S/c1-17-3-9-20(10-4-17)27-26-28(21-11-5-18(2)6-12-21)25(31)23(33-26)15-19-7-13-22(14-8-19)32-16-24(29)30/h3-15H,16H2,1-2H3,(H,29,30)/b23-15+,27-26?. The molecule has 7 heteroatoms. The fourth-order valence-electron chi connectivity index (χ4n) is 3.16. The average Bonchev–Trinajstić information content (AvgIpc) is 3.10. The number of anilines is 1. The van der Waals surface area contributed by atoms with Crippen LogP contribution in [0, 0.1) is 13.8 Å². The number of thioether (sulfide) groups is 1. The molecular formula is C26H22N2O4S. The molecule has 0 bridgehead atoms. The lowest BCUT2D eigenvalue weighted by Crippen LogP contribution is -2.28. The summed E-state index contributed by atoms with van der Waals surface area (Å²) in [6.07, 6.45) is 1.80. The Morgan fingerprint density at radius 1 is 0.970 bits per heavy atom. The first kappa shape index (κ1) is 22.4. The summed E-state index contributed by atoms with van der Waals surface area (Å²) >= 11 is 1.32. The van der Waals surface area contributed by atoms with E-state index in [1.165, 1.54) is 11.8 Å². The van der Waals surface area contributed by atoms with Gasteiger partial charge in [0.25, 0.3) is 5.91 Å². The normalized spacial score (nSPS) is 15.9. The van der Waals surface area contributed by atoms with Gasteiger partial charge in [-0.15, -0.1) is 0 Å². The molecule has 6 nitrogen and oxygen atoms in total. The lowest BCUT2D eigenvalue weighted by atomic mass is 10.2. The van der Waals surface area contributed by atoms with Gasteiger partial charge in [-0.3, -0.25) is 9.69 Å². The number of amides is 1. The van der Waals surface area contributed by atoms with E-state index < -0.39 is 12.6 Å². The Hall–Kier alpha value is -3.84. The van der Waals surface area contributed by atoms with Crippen LogP contribution in [-0.4, -0.2) is 28.8 Å². The first-order chi connectivity index (χ1) is 15.9. The van der Waals surface area contributed by atoms with E-state index in [-0.39, 0.29) is 5.91 Å². The van der Waals surface area contributed by atoms with Gasteiger partial charge in [0, 0.05) is 0 Å². The van der Waals surface area contributed by atoms with E-state index in [1.807, 2.05) is 62.4 Å². The van der Waals surface area contributed by atoms with Crippen LogP contribution in [0.5, 0.6) is 5.75 Å². The van der Waals surface area contributed by atoms with Crippen molar-refractivity contribution >= 4 is 46.3 Å². The predicted octanol–water partition coefficient (Wildman–Crippen LogP) is 5.58. The number of benzene rings is 3. The first-order valence-electron chi connectivity index (χ1n) is 10.3. The summed E-state index contributed by atoms with van der Waals surface area (Å²) in [5.41, 5.74) is 4.57. The molecule has 0 radical (unpaired) electrons. The van der Waals surface area contributed by atoms with Crippen molar-refractivity contribution in [3.63, 3.8) is 0 Å². The van der Waals surface area contributed by atoms with Crippen LogP contribution in [0.4, 0.5) is 11.4 Å². The second kappa shape index (κ2) is 9.75. The molecule has 0 unspecified atom stereocenters. The van der Waals surface area contributed by atoms with E-state index in [1.54, 1.807) is 35.2 Å². The third-order valence-electron chi connectivity index (χ3n) is 4.90. The largest absolute Gasteiger partial charge is 0.482 e. The van der Waals surface area contributed by atoms with Crippen LogP contribution in [-0.2, 0) is 9.59 Å². The van der Waals surface area contributed by atoms with Crippen molar-refractivity contribution in [3.8, 4) is 5.75 Å². The molecule has 1 amide bonds. The number of amidine groups is 1. The van der Waals surface area contributed by atoms with Gasteiger partial charge in [-0.1, -0.05) is 47.5 Å². The number of carbonyl (C=O) groups excluding carboxylic acids is 1. The van der Waals surface area contributed by atoms with E-state index in [2.05, 4.69) is 0 Å². The number of ether oxygens (including phenoxy) is 1. The predicted molar refractivity (Wildman–Crippen MR) is 132 cm³/mol. The number of hydrogen-bond donors (Lipinski definition) is 1. The third kappa shape index (κ3) is 5.51. The number of aryl methyl sites for hydroxylation is 2. The van der Waals surface area contributed by atoms with Crippen molar-refractivity contribution in [1.29, 1.82) is 0 Å².